The highest BCUT2D eigenvalue weighted by atomic mass is 127. The van der Waals surface area contributed by atoms with Crippen LogP contribution in [0.5, 0.6) is 0 Å². The monoisotopic (exact) mass is 347 g/mol. The molecule has 0 bridgehead atoms. The molecule has 0 amide bonds. The third-order valence-corrected chi connectivity index (χ3v) is 3.66. The third-order valence-electron chi connectivity index (χ3n) is 1.93. The number of rotatable bonds is 0. The summed E-state index contributed by atoms with van der Waals surface area (Å²) in [5.41, 5.74) is 2.13. The number of nitrogens with zero attached hydrogens (tertiary/aromatic N) is 1. The van der Waals surface area contributed by atoms with Crippen molar-refractivity contribution in [3.8, 4) is 0 Å². The van der Waals surface area contributed by atoms with Crippen LogP contribution in [0.4, 0.5) is 0 Å². The van der Waals surface area contributed by atoms with E-state index in [1.165, 1.54) is 8.96 Å². The number of halogens is 2. The van der Waals surface area contributed by atoms with Gasteiger partial charge in [0, 0.05) is 13.4 Å². The summed E-state index contributed by atoms with van der Waals surface area (Å²) in [5.74, 6) is 0. The highest BCUT2D eigenvalue weighted by molar-refractivity contribution is 14.1. The van der Waals surface area contributed by atoms with Crippen molar-refractivity contribution in [3.05, 3.63) is 38.0 Å². The van der Waals surface area contributed by atoms with E-state index >= 15 is 0 Å². The van der Waals surface area contributed by atoms with Crippen LogP contribution < -0.4 is 0 Å². The van der Waals surface area contributed by atoms with E-state index in [4.69, 9.17) is 0 Å². The van der Waals surface area contributed by atoms with E-state index in [1.807, 2.05) is 19.1 Å². The predicted molar refractivity (Wildman–Crippen MR) is 66.9 cm³/mol. The van der Waals surface area contributed by atoms with Crippen molar-refractivity contribution in [2.45, 2.75) is 6.92 Å². The average Bonchev–Trinajstić information content (AvgIpc) is 2.09. The fourth-order valence-corrected chi connectivity index (χ4v) is 2.15. The summed E-state index contributed by atoms with van der Waals surface area (Å²) < 4.78 is 2.27. The largest absolute Gasteiger partial charge is 0.251 e. The molecule has 0 saturated carbocycles. The molecule has 0 atom stereocenters. The van der Waals surface area contributed by atoms with Crippen LogP contribution in [0.3, 0.4) is 0 Å². The topological polar surface area (TPSA) is 12.9 Å². The van der Waals surface area contributed by atoms with Crippen LogP contribution in [0.1, 0.15) is 5.69 Å². The van der Waals surface area contributed by atoms with Gasteiger partial charge in [0.25, 0.3) is 0 Å². The number of aromatic nitrogens is 1. The van der Waals surface area contributed by atoms with Gasteiger partial charge in [0.05, 0.1) is 11.2 Å². The minimum absolute atomic E-state index is 1.04. The van der Waals surface area contributed by atoms with Gasteiger partial charge in [-0.15, -0.1) is 0 Å². The van der Waals surface area contributed by atoms with Gasteiger partial charge in [-0.1, -0.05) is 12.1 Å². The Morgan fingerprint density at radius 1 is 1.38 bits per heavy atom. The van der Waals surface area contributed by atoms with Gasteiger partial charge in [0.15, 0.2) is 0 Å². The maximum Gasteiger partial charge on any atom is 0.0847 e. The molecule has 0 spiro atoms. The van der Waals surface area contributed by atoms with E-state index in [9.17, 15) is 0 Å². The van der Waals surface area contributed by atoms with Crippen molar-refractivity contribution in [2.24, 2.45) is 0 Å². The maximum atomic E-state index is 4.52. The molecule has 1 aromatic heterocycles. The van der Waals surface area contributed by atoms with Gasteiger partial charge in [0.2, 0.25) is 0 Å². The van der Waals surface area contributed by atoms with Crippen molar-refractivity contribution < 1.29 is 0 Å². The van der Waals surface area contributed by atoms with Crippen molar-refractivity contribution in [1.82, 2.24) is 4.98 Å². The van der Waals surface area contributed by atoms with Crippen LogP contribution in [-0.2, 0) is 0 Å². The quantitative estimate of drug-likeness (QED) is 0.658. The van der Waals surface area contributed by atoms with Crippen LogP contribution >= 0.6 is 38.5 Å². The van der Waals surface area contributed by atoms with Gasteiger partial charge in [-0.05, 0) is 57.6 Å². The summed E-state index contributed by atoms with van der Waals surface area (Å²) >= 11 is 5.80. The second kappa shape index (κ2) is 3.53. The Hall–Kier alpha value is -0.160. The molecule has 0 fully saturated rings. The Morgan fingerprint density at radius 3 is 2.92 bits per heavy atom. The van der Waals surface area contributed by atoms with Crippen molar-refractivity contribution in [1.29, 1.82) is 0 Å². The molecule has 0 N–H and O–H groups in total. The summed E-state index contributed by atoms with van der Waals surface area (Å²) in [6.45, 7) is 2.03. The first-order valence-corrected chi connectivity index (χ1v) is 5.77. The molecule has 0 aliphatic rings. The standard InChI is InChI=1S/C10H7BrIN/c1-6-9(12)5-7-3-2-4-8(11)10(7)13-6/h2-5H,1H3. The summed E-state index contributed by atoms with van der Waals surface area (Å²) in [6, 6.07) is 8.28. The van der Waals surface area contributed by atoms with Crippen LogP contribution in [0, 0.1) is 10.5 Å². The minimum atomic E-state index is 1.04. The lowest BCUT2D eigenvalue weighted by Gasteiger charge is -2.02. The first kappa shape index (κ1) is 9.40. The Morgan fingerprint density at radius 2 is 2.15 bits per heavy atom. The van der Waals surface area contributed by atoms with Gasteiger partial charge in [0.1, 0.15) is 0 Å². The number of aryl methyl sites for hydroxylation is 1. The molecule has 13 heavy (non-hydrogen) atoms. The van der Waals surface area contributed by atoms with E-state index < -0.39 is 0 Å². The number of pyridine rings is 1. The minimum Gasteiger partial charge on any atom is -0.251 e. The second-order valence-electron chi connectivity index (χ2n) is 2.87. The maximum absolute atomic E-state index is 4.52. The lowest BCUT2D eigenvalue weighted by atomic mass is 10.2. The Bertz CT molecular complexity index is 468. The van der Waals surface area contributed by atoms with E-state index in [-0.39, 0.29) is 0 Å². The molecule has 0 unspecified atom stereocenters. The van der Waals surface area contributed by atoms with E-state index in [0.717, 1.165) is 15.7 Å². The number of hydrogen-bond donors (Lipinski definition) is 0. The first-order valence-electron chi connectivity index (χ1n) is 3.90. The molecule has 2 rings (SSSR count). The highest BCUT2D eigenvalue weighted by Crippen LogP contribution is 2.24. The van der Waals surface area contributed by atoms with Crippen molar-refractivity contribution in [2.75, 3.05) is 0 Å². The number of hydrogen-bond acceptors (Lipinski definition) is 1. The SMILES string of the molecule is Cc1nc2c(Br)cccc2cc1I. The second-order valence-corrected chi connectivity index (χ2v) is 4.88. The molecular formula is C10H7BrIN. The fraction of sp³-hybridized carbons (Fsp3) is 0.100. The molecular weight excluding hydrogens is 341 g/mol. The zero-order valence-corrected chi connectivity index (χ0v) is 10.8. The molecule has 2 aromatic rings. The van der Waals surface area contributed by atoms with Gasteiger partial charge in [-0.25, -0.2) is 0 Å². The normalized spacial score (nSPS) is 10.7. The molecule has 0 radical (unpaired) electrons. The van der Waals surface area contributed by atoms with Gasteiger partial charge in [-0.2, -0.15) is 0 Å². The van der Waals surface area contributed by atoms with E-state index in [2.05, 4.69) is 55.6 Å². The van der Waals surface area contributed by atoms with Gasteiger partial charge >= 0.3 is 0 Å². The molecule has 1 heterocycles. The lowest BCUT2D eigenvalue weighted by molar-refractivity contribution is 1.23. The molecule has 3 heteroatoms. The summed E-state index contributed by atoms with van der Waals surface area (Å²) in [7, 11) is 0. The lowest BCUT2D eigenvalue weighted by Crippen LogP contribution is -1.88. The van der Waals surface area contributed by atoms with Crippen LogP contribution in [0.2, 0.25) is 0 Å². The predicted octanol–water partition coefficient (Wildman–Crippen LogP) is 3.91. The van der Waals surface area contributed by atoms with Crippen LogP contribution in [0.15, 0.2) is 28.7 Å². The molecule has 0 saturated heterocycles. The summed E-state index contributed by atoms with van der Waals surface area (Å²) in [6.07, 6.45) is 0. The van der Waals surface area contributed by atoms with Gasteiger partial charge < -0.3 is 0 Å². The summed E-state index contributed by atoms with van der Waals surface area (Å²) in [4.78, 5) is 4.52. The third kappa shape index (κ3) is 1.72. The molecule has 1 aromatic carbocycles. The number of para-hydroxylation sites is 1. The number of fused-ring (bicyclic) bond motifs is 1. The molecule has 0 aliphatic heterocycles. The summed E-state index contributed by atoms with van der Waals surface area (Å²) in [5, 5.41) is 1.18. The smallest absolute Gasteiger partial charge is 0.0847 e. The molecule has 1 nitrogen and oxygen atoms in total. The van der Waals surface area contributed by atoms with Crippen LogP contribution in [0.25, 0.3) is 10.9 Å². The van der Waals surface area contributed by atoms with E-state index in [1.54, 1.807) is 0 Å². The number of benzene rings is 1. The van der Waals surface area contributed by atoms with Gasteiger partial charge in [-0.3, -0.25) is 4.98 Å². The Labute approximate surface area is 98.8 Å². The van der Waals surface area contributed by atoms with Crippen molar-refractivity contribution in [3.63, 3.8) is 0 Å². The van der Waals surface area contributed by atoms with E-state index in [0.29, 0.717) is 0 Å². The Balaban J connectivity index is 2.89. The Kier molecular flexibility index (Phi) is 2.55. The molecule has 0 aliphatic carbocycles. The van der Waals surface area contributed by atoms with Crippen molar-refractivity contribution >= 4 is 49.4 Å². The zero-order valence-electron chi connectivity index (χ0n) is 7.01. The van der Waals surface area contributed by atoms with Crippen LogP contribution in [-0.4, -0.2) is 4.98 Å². The first-order chi connectivity index (χ1) is 6.18. The highest BCUT2D eigenvalue weighted by Gasteiger charge is 2.02. The zero-order chi connectivity index (χ0) is 9.42. The average molecular weight is 348 g/mol. The molecule has 66 valence electrons. The fourth-order valence-electron chi connectivity index (χ4n) is 1.23.